The van der Waals surface area contributed by atoms with Crippen LogP contribution in [0.15, 0.2) is 15.4 Å². The van der Waals surface area contributed by atoms with E-state index in [-0.39, 0.29) is 11.4 Å². The largest absolute Gasteiger partial charge is 0.464 e. The number of hydrogen-bond acceptors (Lipinski definition) is 4. The Bertz CT molecular complexity index is 501. The number of aryl methyl sites for hydroxylation is 1. The summed E-state index contributed by atoms with van der Waals surface area (Å²) in [4.78, 5) is 0.177. The lowest BCUT2D eigenvalue weighted by atomic mass is 9.98. The van der Waals surface area contributed by atoms with Gasteiger partial charge in [0.25, 0.3) is 0 Å². The average molecular weight is 274 g/mol. The van der Waals surface area contributed by atoms with Gasteiger partial charge in [0.05, 0.1) is 6.54 Å². The molecule has 18 heavy (non-hydrogen) atoms. The molecule has 0 aliphatic rings. The van der Waals surface area contributed by atoms with E-state index in [1.54, 1.807) is 6.92 Å². The summed E-state index contributed by atoms with van der Waals surface area (Å²) in [6.07, 6.45) is 1.45. The highest BCUT2D eigenvalue weighted by molar-refractivity contribution is 7.89. The summed E-state index contributed by atoms with van der Waals surface area (Å²) >= 11 is 0. The summed E-state index contributed by atoms with van der Waals surface area (Å²) < 4.78 is 32.6. The molecule has 1 aromatic heterocycles. The van der Waals surface area contributed by atoms with Crippen molar-refractivity contribution in [3.05, 3.63) is 17.6 Å². The maximum Gasteiger partial charge on any atom is 0.244 e. The van der Waals surface area contributed by atoms with Gasteiger partial charge < -0.3 is 10.2 Å². The maximum absolute atomic E-state index is 12.3. The lowest BCUT2D eigenvalue weighted by Gasteiger charge is -2.27. The third kappa shape index (κ3) is 3.13. The summed E-state index contributed by atoms with van der Waals surface area (Å²) in [5.41, 5.74) is 5.01. The molecule has 0 spiro atoms. The van der Waals surface area contributed by atoms with Crippen LogP contribution in [0.2, 0.25) is 0 Å². The molecule has 1 rings (SSSR count). The van der Waals surface area contributed by atoms with Crippen LogP contribution in [0.4, 0.5) is 0 Å². The van der Waals surface area contributed by atoms with Gasteiger partial charge in [0.1, 0.15) is 16.4 Å². The van der Waals surface area contributed by atoms with Crippen LogP contribution in [0.5, 0.6) is 0 Å². The number of sulfonamides is 1. The molecule has 0 saturated heterocycles. The Hall–Kier alpha value is -0.850. The van der Waals surface area contributed by atoms with Crippen LogP contribution in [0.25, 0.3) is 0 Å². The predicted octanol–water partition coefficient (Wildman–Crippen LogP) is 1.90. The Morgan fingerprint density at radius 1 is 1.39 bits per heavy atom. The monoisotopic (exact) mass is 274 g/mol. The highest BCUT2D eigenvalue weighted by atomic mass is 32.2. The molecule has 3 N–H and O–H groups in total. The lowest BCUT2D eigenvalue weighted by molar-refractivity contribution is 0.388. The van der Waals surface area contributed by atoms with Crippen molar-refractivity contribution in [2.24, 2.45) is 5.73 Å². The minimum Gasteiger partial charge on any atom is -0.464 e. The fourth-order valence-corrected chi connectivity index (χ4v) is 3.42. The maximum atomic E-state index is 12.3. The van der Waals surface area contributed by atoms with E-state index in [0.717, 1.165) is 12.8 Å². The average Bonchev–Trinajstić information content (AvgIpc) is 2.70. The van der Waals surface area contributed by atoms with Gasteiger partial charge >= 0.3 is 0 Å². The second-order valence-corrected chi connectivity index (χ2v) is 6.36. The second-order valence-electron chi connectivity index (χ2n) is 4.71. The highest BCUT2D eigenvalue weighted by Gasteiger charge is 2.29. The molecule has 1 aromatic rings. The quantitative estimate of drug-likeness (QED) is 0.829. The molecule has 5 nitrogen and oxygen atoms in total. The van der Waals surface area contributed by atoms with Gasteiger partial charge in [-0.2, -0.15) is 0 Å². The molecule has 0 fully saturated rings. The summed E-state index contributed by atoms with van der Waals surface area (Å²) in [6, 6.07) is 1.49. The number of rotatable bonds is 6. The molecule has 0 radical (unpaired) electrons. The molecule has 0 saturated carbocycles. The fraction of sp³-hybridized carbons (Fsp3) is 0.667. The minimum atomic E-state index is -3.56. The van der Waals surface area contributed by atoms with Crippen LogP contribution in [0.3, 0.4) is 0 Å². The third-order valence-electron chi connectivity index (χ3n) is 3.36. The van der Waals surface area contributed by atoms with Gasteiger partial charge in [0.15, 0.2) is 0 Å². The molecule has 6 heteroatoms. The minimum absolute atomic E-state index is 0.177. The molecule has 0 amide bonds. The van der Waals surface area contributed by atoms with Crippen molar-refractivity contribution < 1.29 is 12.8 Å². The van der Waals surface area contributed by atoms with Crippen LogP contribution in [-0.2, 0) is 16.6 Å². The fourth-order valence-electron chi connectivity index (χ4n) is 1.67. The van der Waals surface area contributed by atoms with Crippen molar-refractivity contribution in [3.8, 4) is 0 Å². The first-order valence-electron chi connectivity index (χ1n) is 6.11. The van der Waals surface area contributed by atoms with Gasteiger partial charge in [-0.15, -0.1) is 0 Å². The van der Waals surface area contributed by atoms with Gasteiger partial charge in [-0.05, 0) is 26.7 Å². The molecule has 0 unspecified atom stereocenters. The van der Waals surface area contributed by atoms with Crippen molar-refractivity contribution in [1.29, 1.82) is 0 Å². The van der Waals surface area contributed by atoms with Crippen LogP contribution in [-0.4, -0.2) is 14.0 Å². The van der Waals surface area contributed by atoms with Crippen molar-refractivity contribution >= 4 is 10.0 Å². The van der Waals surface area contributed by atoms with E-state index in [4.69, 9.17) is 10.2 Å². The van der Waals surface area contributed by atoms with E-state index >= 15 is 0 Å². The summed E-state index contributed by atoms with van der Waals surface area (Å²) in [5, 5.41) is 0. The third-order valence-corrected chi connectivity index (χ3v) is 5.10. The molecular formula is C12H22N2O3S. The first-order valence-corrected chi connectivity index (χ1v) is 7.59. The van der Waals surface area contributed by atoms with Crippen LogP contribution in [0.1, 0.15) is 45.1 Å². The van der Waals surface area contributed by atoms with Crippen LogP contribution >= 0.6 is 0 Å². The Morgan fingerprint density at radius 3 is 2.33 bits per heavy atom. The lowest BCUT2D eigenvalue weighted by Crippen LogP contribution is -2.44. The number of nitrogens with two attached hydrogens (primary N) is 1. The topological polar surface area (TPSA) is 85.3 Å². The number of nitrogens with one attached hydrogen (secondary N) is 1. The molecular weight excluding hydrogens is 252 g/mol. The normalized spacial score (nSPS) is 12.9. The SMILES string of the molecule is CCC(C)(CC)NS(=O)(=O)c1cc(CN)oc1C. The molecule has 0 aliphatic carbocycles. The predicted molar refractivity (Wildman–Crippen MR) is 70.6 cm³/mol. The van der Waals surface area contributed by atoms with Crippen LogP contribution < -0.4 is 10.5 Å². The van der Waals surface area contributed by atoms with E-state index in [2.05, 4.69) is 4.72 Å². The molecule has 0 aromatic carbocycles. The standard InChI is InChI=1S/C12H22N2O3S/c1-5-12(4,6-2)14-18(15,16)11-7-10(8-13)17-9(11)3/h7,14H,5-6,8,13H2,1-4H3. The van der Waals surface area contributed by atoms with E-state index in [1.807, 2.05) is 20.8 Å². The molecule has 0 bridgehead atoms. The molecule has 0 atom stereocenters. The van der Waals surface area contributed by atoms with Gasteiger partial charge in [-0.1, -0.05) is 13.8 Å². The Kier molecular flexibility index (Phi) is 4.58. The Labute approximate surface area is 109 Å². The zero-order valence-corrected chi connectivity index (χ0v) is 12.2. The second kappa shape index (κ2) is 5.42. The van der Waals surface area contributed by atoms with E-state index in [1.165, 1.54) is 6.07 Å². The summed E-state index contributed by atoms with van der Waals surface area (Å²) in [5.74, 6) is 0.847. The summed E-state index contributed by atoms with van der Waals surface area (Å²) in [7, 11) is -3.56. The molecule has 1 heterocycles. The van der Waals surface area contributed by atoms with Crippen molar-refractivity contribution in [1.82, 2.24) is 4.72 Å². The molecule has 104 valence electrons. The number of furan rings is 1. The van der Waals surface area contributed by atoms with Gasteiger partial charge in [0.2, 0.25) is 10.0 Å². The Morgan fingerprint density at radius 2 is 1.94 bits per heavy atom. The zero-order chi connectivity index (χ0) is 14.0. The van der Waals surface area contributed by atoms with Gasteiger partial charge in [-0.3, -0.25) is 0 Å². The Balaban J connectivity index is 3.10. The first-order chi connectivity index (χ1) is 8.28. The smallest absolute Gasteiger partial charge is 0.244 e. The van der Waals surface area contributed by atoms with Crippen molar-refractivity contribution in [3.63, 3.8) is 0 Å². The van der Waals surface area contributed by atoms with Crippen molar-refractivity contribution in [2.45, 2.75) is 57.5 Å². The highest BCUT2D eigenvalue weighted by Crippen LogP contribution is 2.23. The molecule has 0 aliphatic heterocycles. The van der Waals surface area contributed by atoms with Gasteiger partial charge in [0, 0.05) is 11.6 Å². The van der Waals surface area contributed by atoms with E-state index in [9.17, 15) is 8.42 Å². The zero-order valence-electron chi connectivity index (χ0n) is 11.4. The van der Waals surface area contributed by atoms with Gasteiger partial charge in [-0.25, -0.2) is 13.1 Å². The first kappa shape index (κ1) is 15.2. The van der Waals surface area contributed by atoms with E-state index < -0.39 is 15.6 Å². The van der Waals surface area contributed by atoms with E-state index in [0.29, 0.717) is 11.5 Å². The van der Waals surface area contributed by atoms with Crippen LogP contribution in [0, 0.1) is 6.92 Å². The summed E-state index contributed by atoms with van der Waals surface area (Å²) in [6.45, 7) is 7.63. The van der Waals surface area contributed by atoms with Crippen molar-refractivity contribution in [2.75, 3.05) is 0 Å². The number of hydrogen-bond donors (Lipinski definition) is 2.